The lowest BCUT2D eigenvalue weighted by molar-refractivity contribution is 0.752. The molecule has 0 saturated heterocycles. The third kappa shape index (κ3) is 2.18. The van der Waals surface area contributed by atoms with Crippen molar-refractivity contribution in [3.05, 3.63) is 17.3 Å². The third-order valence-electron chi connectivity index (χ3n) is 2.60. The number of rotatable bonds is 2. The first kappa shape index (κ1) is 11.3. The average Bonchev–Trinajstić information content (AvgIpc) is 2.62. The lowest BCUT2D eigenvalue weighted by atomic mass is 10.0. The minimum Gasteiger partial charge on any atom is -0.245 e. The zero-order valence-corrected chi connectivity index (χ0v) is 11.3. The van der Waals surface area contributed by atoms with Gasteiger partial charge in [0.05, 0.1) is 5.08 Å². The first-order valence-corrected chi connectivity index (χ1v) is 7.37. The summed E-state index contributed by atoms with van der Waals surface area (Å²) in [7, 11) is 0. The first-order valence-electron chi connectivity index (χ1n) is 5.40. The summed E-state index contributed by atoms with van der Waals surface area (Å²) in [4.78, 5) is 6.17. The number of hydrogen-bond donors (Lipinski definition) is 0. The van der Waals surface area contributed by atoms with Gasteiger partial charge in [0.15, 0.2) is 0 Å². The van der Waals surface area contributed by atoms with Gasteiger partial charge >= 0.3 is 0 Å². The molecule has 0 bridgehead atoms. The molecule has 0 fully saturated rings. The Labute approximate surface area is 100 Å². The molecule has 0 amide bonds. The van der Waals surface area contributed by atoms with Crippen LogP contribution in [0, 0.1) is 0 Å². The fraction of sp³-hybridized carbons (Fsp3) is 0.583. The van der Waals surface area contributed by atoms with Gasteiger partial charge in [0.2, 0.25) is 0 Å². The van der Waals surface area contributed by atoms with Crippen molar-refractivity contribution in [3.8, 4) is 0 Å². The van der Waals surface area contributed by atoms with Crippen LogP contribution < -0.4 is 0 Å². The van der Waals surface area contributed by atoms with E-state index in [0.29, 0.717) is 11.8 Å². The normalized spacial score (nSPS) is 15.1. The maximum atomic E-state index is 4.74. The van der Waals surface area contributed by atoms with Crippen molar-refractivity contribution in [2.24, 2.45) is 0 Å². The van der Waals surface area contributed by atoms with E-state index in [4.69, 9.17) is 4.98 Å². The molecule has 0 radical (unpaired) electrons. The molecule has 0 atom stereocenters. The second-order valence-corrected chi connectivity index (χ2v) is 6.80. The van der Waals surface area contributed by atoms with Crippen molar-refractivity contribution in [2.75, 3.05) is 5.08 Å². The van der Waals surface area contributed by atoms with Crippen molar-refractivity contribution >= 4 is 23.5 Å². The minimum absolute atomic E-state index is 0.527. The predicted octanol–water partition coefficient (Wildman–Crippen LogP) is 4.48. The number of pyridine rings is 1. The lowest BCUT2D eigenvalue weighted by Crippen LogP contribution is -2.00. The monoisotopic (exact) mass is 239 g/mol. The van der Waals surface area contributed by atoms with Gasteiger partial charge < -0.3 is 0 Å². The second-order valence-electron chi connectivity index (χ2n) is 4.49. The van der Waals surface area contributed by atoms with E-state index in [2.05, 4.69) is 33.8 Å². The molecule has 0 unspecified atom stereocenters. The standard InChI is InChI=1S/C12H17NS2/c1-7(2)9-5-10(8(3)4)13-12-11(9)14-6-15-12/h5,7-8H,6H2,1-4H3. The summed E-state index contributed by atoms with van der Waals surface area (Å²) >= 11 is 3.83. The quantitative estimate of drug-likeness (QED) is 0.755. The maximum Gasteiger partial charge on any atom is 0.111 e. The summed E-state index contributed by atoms with van der Waals surface area (Å²) in [5.41, 5.74) is 2.73. The molecule has 1 aromatic heterocycles. The van der Waals surface area contributed by atoms with Crippen molar-refractivity contribution in [1.29, 1.82) is 0 Å². The molecule has 1 aliphatic rings. The molecule has 15 heavy (non-hydrogen) atoms. The summed E-state index contributed by atoms with van der Waals surface area (Å²) in [5, 5.41) is 2.39. The highest BCUT2D eigenvalue weighted by molar-refractivity contribution is 8.18. The fourth-order valence-corrected chi connectivity index (χ4v) is 4.22. The van der Waals surface area contributed by atoms with E-state index >= 15 is 0 Å². The van der Waals surface area contributed by atoms with Crippen molar-refractivity contribution < 1.29 is 0 Å². The molecular formula is C12H17NS2. The van der Waals surface area contributed by atoms with Gasteiger partial charge in [-0.25, -0.2) is 4.98 Å². The Bertz CT molecular complexity index is 372. The largest absolute Gasteiger partial charge is 0.245 e. The van der Waals surface area contributed by atoms with Gasteiger partial charge in [-0.15, -0.1) is 11.8 Å². The zero-order valence-electron chi connectivity index (χ0n) is 9.70. The molecule has 0 spiro atoms. The van der Waals surface area contributed by atoms with Crippen LogP contribution in [-0.2, 0) is 0 Å². The van der Waals surface area contributed by atoms with E-state index in [-0.39, 0.29) is 0 Å². The summed E-state index contributed by atoms with van der Waals surface area (Å²) < 4.78 is 0. The molecule has 1 aliphatic heterocycles. The van der Waals surface area contributed by atoms with Crippen molar-refractivity contribution in [1.82, 2.24) is 4.98 Å². The van der Waals surface area contributed by atoms with Crippen LogP contribution in [-0.4, -0.2) is 10.1 Å². The van der Waals surface area contributed by atoms with Gasteiger partial charge in [-0.2, -0.15) is 0 Å². The number of hydrogen-bond acceptors (Lipinski definition) is 3. The molecule has 0 aliphatic carbocycles. The maximum absolute atomic E-state index is 4.74. The molecule has 0 aromatic carbocycles. The molecule has 1 aromatic rings. The minimum atomic E-state index is 0.527. The number of fused-ring (bicyclic) bond motifs is 1. The number of nitrogens with zero attached hydrogens (tertiary/aromatic N) is 1. The summed E-state index contributed by atoms with van der Waals surface area (Å²) in [6, 6.07) is 2.30. The Morgan fingerprint density at radius 3 is 2.47 bits per heavy atom. The SMILES string of the molecule is CC(C)c1cc(C(C)C)c2c(n1)SCS2. The predicted molar refractivity (Wildman–Crippen MR) is 69.0 cm³/mol. The van der Waals surface area contributed by atoms with Crippen molar-refractivity contribution in [2.45, 2.75) is 49.5 Å². The van der Waals surface area contributed by atoms with Crippen LogP contribution in [0.2, 0.25) is 0 Å². The van der Waals surface area contributed by atoms with Gasteiger partial charge in [-0.1, -0.05) is 39.5 Å². The van der Waals surface area contributed by atoms with Crippen LogP contribution in [0.15, 0.2) is 16.0 Å². The van der Waals surface area contributed by atoms with Crippen molar-refractivity contribution in [3.63, 3.8) is 0 Å². The molecule has 0 N–H and O–H groups in total. The summed E-state index contributed by atoms with van der Waals surface area (Å²) in [6.07, 6.45) is 0. The zero-order chi connectivity index (χ0) is 11.0. The topological polar surface area (TPSA) is 12.9 Å². The van der Waals surface area contributed by atoms with E-state index in [1.54, 1.807) is 0 Å². The van der Waals surface area contributed by atoms with E-state index < -0.39 is 0 Å². The van der Waals surface area contributed by atoms with Gasteiger partial charge in [0, 0.05) is 10.6 Å². The molecular weight excluding hydrogens is 222 g/mol. The highest BCUT2D eigenvalue weighted by atomic mass is 32.2. The summed E-state index contributed by atoms with van der Waals surface area (Å²) in [5.74, 6) is 1.13. The van der Waals surface area contributed by atoms with Crippen LogP contribution in [0.5, 0.6) is 0 Å². The molecule has 2 rings (SSSR count). The second kappa shape index (κ2) is 4.38. The van der Waals surface area contributed by atoms with Crippen LogP contribution in [0.25, 0.3) is 0 Å². The van der Waals surface area contributed by atoms with Gasteiger partial charge in [-0.3, -0.25) is 0 Å². The third-order valence-corrected chi connectivity index (χ3v) is 4.96. The first-order chi connectivity index (χ1) is 7.09. The van der Waals surface area contributed by atoms with Gasteiger partial charge in [0.1, 0.15) is 5.03 Å². The Kier molecular flexibility index (Phi) is 3.31. The summed E-state index contributed by atoms with van der Waals surface area (Å²) in [6.45, 7) is 8.96. The van der Waals surface area contributed by atoms with Crippen LogP contribution in [0.1, 0.15) is 50.8 Å². The Hall–Kier alpha value is -0.150. The number of aromatic nitrogens is 1. The highest BCUT2D eigenvalue weighted by Gasteiger charge is 2.21. The highest BCUT2D eigenvalue weighted by Crippen LogP contribution is 2.45. The van der Waals surface area contributed by atoms with E-state index in [1.807, 2.05) is 23.5 Å². The average molecular weight is 239 g/mol. The molecule has 3 heteroatoms. The van der Waals surface area contributed by atoms with E-state index in [1.165, 1.54) is 21.2 Å². The van der Waals surface area contributed by atoms with E-state index in [9.17, 15) is 0 Å². The Morgan fingerprint density at radius 2 is 1.87 bits per heavy atom. The van der Waals surface area contributed by atoms with Gasteiger partial charge in [-0.05, 0) is 23.5 Å². The molecule has 82 valence electrons. The Balaban J connectivity index is 2.52. The van der Waals surface area contributed by atoms with Crippen LogP contribution in [0.4, 0.5) is 0 Å². The van der Waals surface area contributed by atoms with Crippen LogP contribution in [0.3, 0.4) is 0 Å². The van der Waals surface area contributed by atoms with E-state index in [0.717, 1.165) is 5.08 Å². The number of thioether (sulfide) groups is 2. The Morgan fingerprint density at radius 1 is 1.13 bits per heavy atom. The van der Waals surface area contributed by atoms with Gasteiger partial charge in [0.25, 0.3) is 0 Å². The lowest BCUT2D eigenvalue weighted by Gasteiger charge is -2.14. The fourth-order valence-electron chi connectivity index (χ4n) is 1.66. The molecule has 2 heterocycles. The van der Waals surface area contributed by atoms with Crippen LogP contribution >= 0.6 is 23.5 Å². The smallest absolute Gasteiger partial charge is 0.111 e. The molecule has 0 saturated carbocycles. The molecule has 1 nitrogen and oxygen atoms in total.